The molecule has 2 nitrogen and oxygen atoms in total. The topological polar surface area (TPSA) is 21.3 Å². The lowest BCUT2D eigenvalue weighted by Crippen LogP contribution is -2.43. The third-order valence-corrected chi connectivity index (χ3v) is 3.58. The number of rotatable bonds is 7. The molecule has 0 bridgehead atoms. The molecule has 1 N–H and O–H groups in total. The van der Waals surface area contributed by atoms with E-state index in [0.29, 0.717) is 6.04 Å². The van der Waals surface area contributed by atoms with Gasteiger partial charge in [0.05, 0.1) is 0 Å². The molecule has 0 aliphatic carbocycles. The highest BCUT2D eigenvalue weighted by Crippen LogP contribution is 2.29. The van der Waals surface area contributed by atoms with Crippen molar-refractivity contribution in [3.63, 3.8) is 0 Å². The maximum Gasteiger partial charge on any atom is 0.0462 e. The molecule has 0 aliphatic rings. The van der Waals surface area contributed by atoms with E-state index < -0.39 is 0 Å². The van der Waals surface area contributed by atoms with Gasteiger partial charge >= 0.3 is 0 Å². The number of nitrogens with one attached hydrogen (secondary N) is 1. The average molecular weight is 235 g/mol. The number of benzene rings is 1. The Morgan fingerprint density at radius 2 is 1.88 bits per heavy atom. The van der Waals surface area contributed by atoms with E-state index in [1.807, 2.05) is 7.05 Å². The van der Waals surface area contributed by atoms with Crippen LogP contribution in [0.4, 0.5) is 0 Å². The summed E-state index contributed by atoms with van der Waals surface area (Å²) in [6.07, 6.45) is 2.23. The Morgan fingerprint density at radius 1 is 1.24 bits per heavy atom. The Morgan fingerprint density at radius 3 is 2.41 bits per heavy atom. The van der Waals surface area contributed by atoms with Crippen molar-refractivity contribution in [2.75, 3.05) is 20.8 Å². The third-order valence-electron chi connectivity index (χ3n) is 3.58. The first kappa shape index (κ1) is 14.2. The molecular formula is C15H25NO. The monoisotopic (exact) mass is 235 g/mol. The highest BCUT2D eigenvalue weighted by molar-refractivity contribution is 5.25. The molecule has 0 radical (unpaired) electrons. The largest absolute Gasteiger partial charge is 0.385 e. The fourth-order valence-electron chi connectivity index (χ4n) is 2.37. The minimum atomic E-state index is 0.143. The van der Waals surface area contributed by atoms with Crippen molar-refractivity contribution in [1.82, 2.24) is 5.32 Å². The van der Waals surface area contributed by atoms with E-state index in [9.17, 15) is 0 Å². The first-order chi connectivity index (χ1) is 8.12. The SMILES string of the molecule is CNC(CCCOC)C(C)(C)c1ccccc1. The lowest BCUT2D eigenvalue weighted by Gasteiger charge is -2.35. The lowest BCUT2D eigenvalue weighted by atomic mass is 9.76. The summed E-state index contributed by atoms with van der Waals surface area (Å²) in [5, 5.41) is 3.44. The second-order valence-electron chi connectivity index (χ2n) is 5.06. The summed E-state index contributed by atoms with van der Waals surface area (Å²) in [6, 6.07) is 11.2. The fraction of sp³-hybridized carbons (Fsp3) is 0.600. The lowest BCUT2D eigenvalue weighted by molar-refractivity contribution is 0.183. The van der Waals surface area contributed by atoms with E-state index in [1.165, 1.54) is 5.56 Å². The molecular weight excluding hydrogens is 210 g/mol. The second kappa shape index (κ2) is 6.77. The summed E-state index contributed by atoms with van der Waals surface area (Å²) < 4.78 is 5.13. The summed E-state index contributed by atoms with van der Waals surface area (Å²) in [6.45, 7) is 5.44. The zero-order valence-electron chi connectivity index (χ0n) is 11.5. The van der Waals surface area contributed by atoms with Gasteiger partial charge in [0.15, 0.2) is 0 Å². The highest BCUT2D eigenvalue weighted by atomic mass is 16.5. The summed E-state index contributed by atoms with van der Waals surface area (Å²) in [5.41, 5.74) is 1.53. The average Bonchev–Trinajstić information content (AvgIpc) is 2.35. The van der Waals surface area contributed by atoms with E-state index in [2.05, 4.69) is 49.5 Å². The molecule has 0 saturated carbocycles. The number of hydrogen-bond donors (Lipinski definition) is 1. The Balaban J connectivity index is 2.72. The molecule has 1 unspecified atom stereocenters. The van der Waals surface area contributed by atoms with Crippen molar-refractivity contribution in [3.05, 3.63) is 35.9 Å². The van der Waals surface area contributed by atoms with E-state index in [1.54, 1.807) is 7.11 Å². The molecule has 0 fully saturated rings. The van der Waals surface area contributed by atoms with Crippen LogP contribution in [-0.4, -0.2) is 26.8 Å². The molecule has 0 saturated heterocycles. The quantitative estimate of drug-likeness (QED) is 0.734. The van der Waals surface area contributed by atoms with Crippen molar-refractivity contribution in [2.24, 2.45) is 0 Å². The van der Waals surface area contributed by atoms with Crippen LogP contribution in [0.15, 0.2) is 30.3 Å². The van der Waals surface area contributed by atoms with Gasteiger partial charge in [0.25, 0.3) is 0 Å². The molecule has 1 atom stereocenters. The minimum Gasteiger partial charge on any atom is -0.385 e. The van der Waals surface area contributed by atoms with E-state index in [0.717, 1.165) is 19.4 Å². The van der Waals surface area contributed by atoms with Gasteiger partial charge in [-0.1, -0.05) is 44.2 Å². The summed E-state index contributed by atoms with van der Waals surface area (Å²) in [5.74, 6) is 0. The normalized spacial score (nSPS) is 13.6. The van der Waals surface area contributed by atoms with Crippen LogP contribution in [0.25, 0.3) is 0 Å². The maximum atomic E-state index is 5.13. The van der Waals surface area contributed by atoms with Gasteiger partial charge < -0.3 is 10.1 Å². The van der Waals surface area contributed by atoms with Gasteiger partial charge in [-0.3, -0.25) is 0 Å². The molecule has 1 rings (SSSR count). The van der Waals surface area contributed by atoms with Gasteiger partial charge in [0.1, 0.15) is 0 Å². The fourth-order valence-corrected chi connectivity index (χ4v) is 2.37. The van der Waals surface area contributed by atoms with E-state index in [4.69, 9.17) is 4.74 Å². The van der Waals surface area contributed by atoms with Crippen LogP contribution < -0.4 is 5.32 Å². The Bertz CT molecular complexity index is 308. The van der Waals surface area contributed by atoms with Gasteiger partial charge in [-0.25, -0.2) is 0 Å². The van der Waals surface area contributed by atoms with Crippen LogP contribution in [0.3, 0.4) is 0 Å². The van der Waals surface area contributed by atoms with Crippen LogP contribution in [0.2, 0.25) is 0 Å². The van der Waals surface area contributed by atoms with Crippen molar-refractivity contribution in [2.45, 2.75) is 38.1 Å². The summed E-state index contributed by atoms with van der Waals surface area (Å²) in [7, 11) is 3.80. The molecule has 0 aliphatic heterocycles. The van der Waals surface area contributed by atoms with Crippen molar-refractivity contribution in [3.8, 4) is 0 Å². The third kappa shape index (κ3) is 3.83. The predicted molar refractivity (Wildman–Crippen MR) is 73.4 cm³/mol. The zero-order valence-corrected chi connectivity index (χ0v) is 11.5. The van der Waals surface area contributed by atoms with Crippen LogP contribution in [-0.2, 0) is 10.2 Å². The first-order valence-corrected chi connectivity index (χ1v) is 6.34. The standard InChI is InChI=1S/C15H25NO/c1-15(2,13-9-6-5-7-10-13)14(16-3)11-8-12-17-4/h5-7,9-10,14,16H,8,11-12H2,1-4H3. The molecule has 17 heavy (non-hydrogen) atoms. The van der Waals surface area contributed by atoms with Crippen LogP contribution in [0, 0.1) is 0 Å². The molecule has 0 heterocycles. The van der Waals surface area contributed by atoms with Crippen molar-refractivity contribution in [1.29, 1.82) is 0 Å². The van der Waals surface area contributed by atoms with Gasteiger partial charge in [-0.05, 0) is 25.5 Å². The van der Waals surface area contributed by atoms with Gasteiger partial charge in [0, 0.05) is 25.2 Å². The summed E-state index contributed by atoms with van der Waals surface area (Å²) in [4.78, 5) is 0. The van der Waals surface area contributed by atoms with E-state index in [-0.39, 0.29) is 5.41 Å². The summed E-state index contributed by atoms with van der Waals surface area (Å²) >= 11 is 0. The molecule has 2 heteroatoms. The van der Waals surface area contributed by atoms with Crippen molar-refractivity contribution >= 4 is 0 Å². The Hall–Kier alpha value is -0.860. The van der Waals surface area contributed by atoms with E-state index >= 15 is 0 Å². The Labute approximate surface area is 105 Å². The number of methoxy groups -OCH3 is 1. The van der Waals surface area contributed by atoms with Crippen LogP contribution in [0.5, 0.6) is 0 Å². The molecule has 0 amide bonds. The number of hydrogen-bond acceptors (Lipinski definition) is 2. The zero-order chi connectivity index (χ0) is 12.7. The molecule has 1 aromatic carbocycles. The molecule has 0 aromatic heterocycles. The van der Waals surface area contributed by atoms with Crippen molar-refractivity contribution < 1.29 is 4.74 Å². The van der Waals surface area contributed by atoms with Crippen LogP contribution in [0.1, 0.15) is 32.3 Å². The number of likely N-dealkylation sites (N-methyl/N-ethyl adjacent to an activating group) is 1. The highest BCUT2D eigenvalue weighted by Gasteiger charge is 2.29. The first-order valence-electron chi connectivity index (χ1n) is 6.34. The molecule has 96 valence electrons. The predicted octanol–water partition coefficient (Wildman–Crippen LogP) is 2.98. The Kier molecular flexibility index (Phi) is 5.66. The second-order valence-corrected chi connectivity index (χ2v) is 5.06. The van der Waals surface area contributed by atoms with Gasteiger partial charge in [0.2, 0.25) is 0 Å². The maximum absolute atomic E-state index is 5.13. The molecule has 1 aromatic rings. The number of ether oxygens (including phenoxy) is 1. The van der Waals surface area contributed by atoms with Gasteiger partial charge in [-0.15, -0.1) is 0 Å². The minimum absolute atomic E-state index is 0.143. The van der Waals surface area contributed by atoms with Gasteiger partial charge in [-0.2, -0.15) is 0 Å². The smallest absolute Gasteiger partial charge is 0.0462 e. The van der Waals surface area contributed by atoms with Crippen LogP contribution >= 0.6 is 0 Å². The molecule has 0 spiro atoms.